The smallest absolute Gasteiger partial charge is 0.306 e. The van der Waals surface area contributed by atoms with E-state index in [1.165, 1.54) is 16.4 Å². The molecule has 2 rings (SSSR count). The molecule has 2 atom stereocenters. The van der Waals surface area contributed by atoms with Gasteiger partial charge in [0.1, 0.15) is 0 Å². The lowest BCUT2D eigenvalue weighted by Crippen LogP contribution is -2.33. The first-order valence-electron chi connectivity index (χ1n) is 8.70. The van der Waals surface area contributed by atoms with Crippen LogP contribution in [0.1, 0.15) is 38.7 Å². The second kappa shape index (κ2) is 8.18. The number of carbonyl (C=O) groups excluding carboxylic acids is 1. The van der Waals surface area contributed by atoms with Crippen molar-refractivity contribution >= 4 is 21.9 Å². The number of hydrogen-bond donors (Lipinski definition) is 2. The number of aliphatic carboxylic acids is 1. The third kappa shape index (κ3) is 4.62. The van der Waals surface area contributed by atoms with E-state index in [-0.39, 0.29) is 29.3 Å². The molecule has 1 aliphatic carbocycles. The summed E-state index contributed by atoms with van der Waals surface area (Å²) in [7, 11) is -1.98. The van der Waals surface area contributed by atoms with Gasteiger partial charge in [0.05, 0.1) is 10.8 Å². The predicted octanol–water partition coefficient (Wildman–Crippen LogP) is 1.83. The van der Waals surface area contributed by atoms with Gasteiger partial charge in [-0.1, -0.05) is 12.1 Å². The summed E-state index contributed by atoms with van der Waals surface area (Å²) in [5, 5.41) is 11.8. The summed E-state index contributed by atoms with van der Waals surface area (Å²) in [6, 6.07) is 6.28. The Bertz CT molecular complexity index is 758. The van der Waals surface area contributed by atoms with Crippen molar-refractivity contribution < 1.29 is 23.1 Å². The molecule has 1 aromatic carbocycles. The molecule has 2 N–H and O–H groups in total. The average Bonchev–Trinajstić information content (AvgIpc) is 3.09. The number of nitrogens with one attached hydrogen (secondary N) is 1. The van der Waals surface area contributed by atoms with Gasteiger partial charge in [0.15, 0.2) is 0 Å². The molecule has 0 aromatic heterocycles. The van der Waals surface area contributed by atoms with Crippen LogP contribution in [0.2, 0.25) is 0 Å². The highest BCUT2D eigenvalue weighted by atomic mass is 32.2. The second-order valence-electron chi connectivity index (χ2n) is 7.02. The van der Waals surface area contributed by atoms with Crippen LogP contribution in [0.5, 0.6) is 0 Å². The van der Waals surface area contributed by atoms with Gasteiger partial charge in [-0.15, -0.1) is 0 Å². The van der Waals surface area contributed by atoms with E-state index >= 15 is 0 Å². The Morgan fingerprint density at radius 3 is 2.27 bits per heavy atom. The molecule has 0 heterocycles. The molecule has 0 spiro atoms. The Hall–Kier alpha value is -1.93. The second-order valence-corrected chi connectivity index (χ2v) is 9.02. The lowest BCUT2D eigenvalue weighted by Gasteiger charge is -2.21. The number of carboxylic acids is 1. The Kier molecular flexibility index (Phi) is 6.41. The van der Waals surface area contributed by atoms with Crippen LogP contribution >= 0.6 is 0 Å². The lowest BCUT2D eigenvalue weighted by atomic mass is 10.0. The van der Waals surface area contributed by atoms with Crippen molar-refractivity contribution in [2.45, 2.75) is 50.6 Å². The van der Waals surface area contributed by atoms with Crippen molar-refractivity contribution in [3.63, 3.8) is 0 Å². The van der Waals surface area contributed by atoms with E-state index < -0.39 is 21.9 Å². The summed E-state index contributed by atoms with van der Waals surface area (Å²) in [4.78, 5) is 23.4. The van der Waals surface area contributed by atoms with Crippen LogP contribution in [0, 0.1) is 11.8 Å². The number of benzene rings is 1. The maximum atomic E-state index is 12.4. The molecule has 1 aliphatic rings. The summed E-state index contributed by atoms with van der Waals surface area (Å²) in [6.07, 6.45) is 1.49. The van der Waals surface area contributed by atoms with Crippen molar-refractivity contribution in [2.24, 2.45) is 11.8 Å². The average molecular weight is 382 g/mol. The van der Waals surface area contributed by atoms with Gasteiger partial charge in [-0.2, -0.15) is 4.31 Å². The first-order valence-corrected chi connectivity index (χ1v) is 10.1. The molecular weight excluding hydrogens is 356 g/mol. The fraction of sp³-hybridized carbons (Fsp3) is 0.556. The number of carbonyl (C=O) groups is 2. The van der Waals surface area contributed by atoms with Gasteiger partial charge in [0, 0.05) is 25.6 Å². The van der Waals surface area contributed by atoms with E-state index in [1.807, 2.05) is 0 Å². The van der Waals surface area contributed by atoms with E-state index in [1.54, 1.807) is 33.0 Å². The van der Waals surface area contributed by atoms with Crippen LogP contribution in [0.3, 0.4) is 0 Å². The van der Waals surface area contributed by atoms with Gasteiger partial charge >= 0.3 is 5.97 Å². The van der Waals surface area contributed by atoms with E-state index in [2.05, 4.69) is 5.32 Å². The van der Waals surface area contributed by atoms with E-state index in [0.29, 0.717) is 19.3 Å². The Morgan fingerprint density at radius 2 is 1.77 bits per heavy atom. The molecular formula is C18H26N2O5S. The molecule has 1 aromatic rings. The highest BCUT2D eigenvalue weighted by molar-refractivity contribution is 7.89. The monoisotopic (exact) mass is 382 g/mol. The molecule has 1 fully saturated rings. The molecule has 1 saturated carbocycles. The van der Waals surface area contributed by atoms with Crippen molar-refractivity contribution in [1.29, 1.82) is 0 Å². The first kappa shape index (κ1) is 20.4. The minimum absolute atomic E-state index is 0.139. The Morgan fingerprint density at radius 1 is 1.19 bits per heavy atom. The van der Waals surface area contributed by atoms with E-state index in [9.17, 15) is 18.0 Å². The Balaban J connectivity index is 1.94. The van der Waals surface area contributed by atoms with Gasteiger partial charge in [-0.25, -0.2) is 8.42 Å². The summed E-state index contributed by atoms with van der Waals surface area (Å²) >= 11 is 0. The molecule has 0 aliphatic heterocycles. The quantitative estimate of drug-likeness (QED) is 0.749. The van der Waals surface area contributed by atoms with Gasteiger partial charge in [0.25, 0.3) is 0 Å². The number of hydrogen-bond acceptors (Lipinski definition) is 4. The van der Waals surface area contributed by atoms with Gasteiger partial charge in [-0.3, -0.25) is 9.59 Å². The largest absolute Gasteiger partial charge is 0.481 e. The Labute approximate surface area is 154 Å². The van der Waals surface area contributed by atoms with Crippen molar-refractivity contribution in [2.75, 3.05) is 7.05 Å². The highest BCUT2D eigenvalue weighted by Gasteiger charge is 2.33. The van der Waals surface area contributed by atoms with Crippen LogP contribution < -0.4 is 5.32 Å². The number of sulfonamides is 1. The summed E-state index contributed by atoms with van der Waals surface area (Å²) in [6.45, 7) is 3.90. The van der Waals surface area contributed by atoms with Crippen molar-refractivity contribution in [3.05, 3.63) is 29.8 Å². The van der Waals surface area contributed by atoms with Crippen LogP contribution in [-0.2, 0) is 26.2 Å². The fourth-order valence-corrected chi connectivity index (χ4v) is 4.37. The minimum Gasteiger partial charge on any atom is -0.481 e. The van der Waals surface area contributed by atoms with E-state index in [0.717, 1.165) is 5.56 Å². The summed E-state index contributed by atoms with van der Waals surface area (Å²) < 4.78 is 26.1. The fourth-order valence-electron chi connectivity index (χ4n) is 3.00. The van der Waals surface area contributed by atoms with Gasteiger partial charge in [-0.05, 0) is 50.8 Å². The van der Waals surface area contributed by atoms with Crippen LogP contribution in [-0.4, -0.2) is 42.8 Å². The van der Waals surface area contributed by atoms with Crippen LogP contribution in [0.4, 0.5) is 0 Å². The summed E-state index contributed by atoms with van der Waals surface area (Å²) in [5.41, 5.74) is 0.789. The maximum Gasteiger partial charge on any atom is 0.306 e. The third-order valence-electron chi connectivity index (χ3n) is 4.95. The lowest BCUT2D eigenvalue weighted by molar-refractivity contribution is -0.141. The zero-order valence-electron chi connectivity index (χ0n) is 15.3. The molecule has 26 heavy (non-hydrogen) atoms. The minimum atomic E-state index is -3.52. The normalized spacial score (nSPS) is 20.5. The van der Waals surface area contributed by atoms with E-state index in [4.69, 9.17) is 5.11 Å². The molecule has 7 nitrogen and oxygen atoms in total. The van der Waals surface area contributed by atoms with Crippen LogP contribution in [0.25, 0.3) is 0 Å². The van der Waals surface area contributed by atoms with Crippen LogP contribution in [0.15, 0.2) is 29.2 Å². The molecule has 1 amide bonds. The predicted molar refractivity (Wildman–Crippen MR) is 96.8 cm³/mol. The zero-order chi connectivity index (χ0) is 19.5. The topological polar surface area (TPSA) is 104 Å². The molecule has 144 valence electrons. The van der Waals surface area contributed by atoms with Gasteiger partial charge in [0.2, 0.25) is 15.9 Å². The van der Waals surface area contributed by atoms with Crippen molar-refractivity contribution in [1.82, 2.24) is 9.62 Å². The molecule has 0 saturated heterocycles. The summed E-state index contributed by atoms with van der Waals surface area (Å²) in [5.74, 6) is -1.70. The zero-order valence-corrected chi connectivity index (χ0v) is 16.1. The van der Waals surface area contributed by atoms with Gasteiger partial charge < -0.3 is 10.4 Å². The highest BCUT2D eigenvalue weighted by Crippen LogP contribution is 2.31. The molecule has 0 bridgehead atoms. The molecule has 8 heteroatoms. The standard InChI is InChI=1S/C18H26N2O5S/c1-12(2)20(3)26(24,25)16-8-4-13(5-9-16)11-19-17(21)14-6-7-15(10-14)18(22)23/h4-5,8-9,12,14-15H,6-7,10-11H2,1-3H3,(H,19,21)(H,22,23)/t14-,15+/m1/s1. The van der Waals surface area contributed by atoms with Crippen molar-refractivity contribution in [3.8, 4) is 0 Å². The SMILES string of the molecule is CC(C)N(C)S(=O)(=O)c1ccc(CNC(=O)[C@@H]2CC[C@H](C(=O)O)C2)cc1. The first-order chi connectivity index (χ1) is 12.1. The number of carboxylic acid groups (broad SMARTS) is 1. The number of amides is 1. The maximum absolute atomic E-state index is 12.4. The number of rotatable bonds is 7. The molecule has 0 radical (unpaired) electrons. The molecule has 0 unspecified atom stereocenters. The number of nitrogens with zero attached hydrogens (tertiary/aromatic N) is 1. The third-order valence-corrected chi connectivity index (χ3v) is 6.99.